The molecule has 1 N–H and O–H groups in total. The summed E-state index contributed by atoms with van der Waals surface area (Å²) in [6.07, 6.45) is 1.63. The third-order valence-corrected chi connectivity index (χ3v) is 4.12. The van der Waals surface area contributed by atoms with Crippen molar-refractivity contribution in [2.45, 2.75) is 86.2 Å². The first-order valence-electron chi connectivity index (χ1n) is 8.33. The normalized spacial score (nSPS) is 12.6. The Morgan fingerprint density at radius 3 is 1.82 bits per heavy atom. The van der Waals surface area contributed by atoms with E-state index in [-0.39, 0.29) is 17.6 Å². The van der Waals surface area contributed by atoms with Crippen LogP contribution in [0.3, 0.4) is 0 Å². The molecule has 0 aliphatic heterocycles. The first kappa shape index (κ1) is 19.0. The molecule has 0 amide bonds. The van der Waals surface area contributed by atoms with E-state index in [9.17, 15) is 5.11 Å². The molecule has 0 bridgehead atoms. The standard InChI is InChI=1S/C20H34O2/c1-13-14(2)18(22-20(7,8)9)16(11-10-12-21)15(3)17(13)19(4,5)6/h21H,10-12H2,1-9H3. The van der Waals surface area contributed by atoms with Gasteiger partial charge in [-0.3, -0.25) is 0 Å². The summed E-state index contributed by atoms with van der Waals surface area (Å²) in [5, 5.41) is 9.25. The van der Waals surface area contributed by atoms with Crippen LogP contribution in [0.4, 0.5) is 0 Å². The molecule has 0 spiro atoms. The van der Waals surface area contributed by atoms with Crippen LogP contribution in [0.5, 0.6) is 5.75 Å². The molecule has 22 heavy (non-hydrogen) atoms. The van der Waals surface area contributed by atoms with Gasteiger partial charge in [0, 0.05) is 6.61 Å². The molecule has 0 aliphatic rings. The Labute approximate surface area is 136 Å². The molecule has 0 aromatic heterocycles. The van der Waals surface area contributed by atoms with Crippen LogP contribution in [0.2, 0.25) is 0 Å². The number of benzene rings is 1. The van der Waals surface area contributed by atoms with Crippen LogP contribution >= 0.6 is 0 Å². The summed E-state index contributed by atoms with van der Waals surface area (Å²) >= 11 is 0. The number of ether oxygens (including phenoxy) is 1. The first-order valence-corrected chi connectivity index (χ1v) is 8.33. The molecular weight excluding hydrogens is 272 g/mol. The third-order valence-electron chi connectivity index (χ3n) is 4.12. The highest BCUT2D eigenvalue weighted by Crippen LogP contribution is 2.40. The number of hydrogen-bond donors (Lipinski definition) is 1. The smallest absolute Gasteiger partial charge is 0.126 e. The molecule has 126 valence electrons. The second kappa shape index (κ2) is 6.62. The van der Waals surface area contributed by atoms with Crippen molar-refractivity contribution in [1.82, 2.24) is 0 Å². The maximum atomic E-state index is 9.25. The summed E-state index contributed by atoms with van der Waals surface area (Å²) < 4.78 is 6.31. The van der Waals surface area contributed by atoms with Crippen LogP contribution in [0.25, 0.3) is 0 Å². The number of rotatable bonds is 4. The first-order chi connectivity index (χ1) is 9.90. The second-order valence-corrected chi connectivity index (χ2v) is 8.35. The maximum absolute atomic E-state index is 9.25. The average molecular weight is 306 g/mol. The van der Waals surface area contributed by atoms with Gasteiger partial charge in [0.15, 0.2) is 0 Å². The summed E-state index contributed by atoms with van der Waals surface area (Å²) in [7, 11) is 0. The molecule has 0 aliphatic carbocycles. The lowest BCUT2D eigenvalue weighted by molar-refractivity contribution is 0.128. The summed E-state index contributed by atoms with van der Waals surface area (Å²) in [4.78, 5) is 0. The summed E-state index contributed by atoms with van der Waals surface area (Å²) in [6.45, 7) is 19.8. The molecule has 0 fully saturated rings. The Hall–Kier alpha value is -1.02. The van der Waals surface area contributed by atoms with Crippen molar-refractivity contribution in [1.29, 1.82) is 0 Å². The molecule has 0 heterocycles. The predicted octanol–water partition coefficient (Wildman–Crippen LogP) is 5.01. The van der Waals surface area contributed by atoms with Gasteiger partial charge in [0.25, 0.3) is 0 Å². The lowest BCUT2D eigenvalue weighted by atomic mass is 9.77. The Kier molecular flexibility index (Phi) is 5.72. The number of aliphatic hydroxyl groups is 1. The lowest BCUT2D eigenvalue weighted by Crippen LogP contribution is -2.26. The van der Waals surface area contributed by atoms with Crippen LogP contribution in [-0.4, -0.2) is 17.3 Å². The predicted molar refractivity (Wildman–Crippen MR) is 95.1 cm³/mol. The van der Waals surface area contributed by atoms with E-state index in [1.807, 2.05) is 0 Å². The van der Waals surface area contributed by atoms with Gasteiger partial charge in [-0.25, -0.2) is 0 Å². The van der Waals surface area contributed by atoms with Crippen LogP contribution in [0.1, 0.15) is 75.8 Å². The SMILES string of the molecule is Cc1c(C)c(C(C)(C)C)c(C)c(CCCO)c1OC(C)(C)C. The average Bonchev–Trinajstić information content (AvgIpc) is 2.32. The topological polar surface area (TPSA) is 29.5 Å². The van der Waals surface area contributed by atoms with E-state index in [1.165, 1.54) is 27.8 Å². The van der Waals surface area contributed by atoms with Gasteiger partial charge in [-0.2, -0.15) is 0 Å². The summed E-state index contributed by atoms with van der Waals surface area (Å²) in [5.41, 5.74) is 6.45. The van der Waals surface area contributed by atoms with Crippen molar-refractivity contribution < 1.29 is 9.84 Å². The lowest BCUT2D eigenvalue weighted by Gasteiger charge is -2.32. The molecular formula is C20H34O2. The van der Waals surface area contributed by atoms with Crippen LogP contribution in [0.15, 0.2) is 0 Å². The maximum Gasteiger partial charge on any atom is 0.126 e. The number of aliphatic hydroxyl groups excluding tert-OH is 1. The van der Waals surface area contributed by atoms with Gasteiger partial charge in [0.2, 0.25) is 0 Å². The highest BCUT2D eigenvalue weighted by Gasteiger charge is 2.27. The molecule has 1 aromatic carbocycles. The van der Waals surface area contributed by atoms with Crippen molar-refractivity contribution in [3.8, 4) is 5.75 Å². The number of hydrogen-bond acceptors (Lipinski definition) is 2. The third kappa shape index (κ3) is 4.25. The summed E-state index contributed by atoms with van der Waals surface area (Å²) in [6, 6.07) is 0. The minimum Gasteiger partial charge on any atom is -0.488 e. The van der Waals surface area contributed by atoms with Gasteiger partial charge in [0.05, 0.1) is 0 Å². The van der Waals surface area contributed by atoms with Gasteiger partial charge < -0.3 is 9.84 Å². The molecule has 0 atom stereocenters. The molecule has 0 radical (unpaired) electrons. The highest BCUT2D eigenvalue weighted by molar-refractivity contribution is 5.56. The van der Waals surface area contributed by atoms with Gasteiger partial charge in [0.1, 0.15) is 11.4 Å². The monoisotopic (exact) mass is 306 g/mol. The summed E-state index contributed by atoms with van der Waals surface area (Å²) in [5.74, 6) is 1.02. The van der Waals surface area contributed by atoms with E-state index >= 15 is 0 Å². The fourth-order valence-electron chi connectivity index (χ4n) is 3.31. The largest absolute Gasteiger partial charge is 0.488 e. The zero-order valence-corrected chi connectivity index (χ0v) is 16.0. The van der Waals surface area contributed by atoms with Crippen molar-refractivity contribution in [2.75, 3.05) is 6.61 Å². The van der Waals surface area contributed by atoms with Gasteiger partial charge >= 0.3 is 0 Å². The van der Waals surface area contributed by atoms with E-state index < -0.39 is 0 Å². The Morgan fingerprint density at radius 2 is 1.41 bits per heavy atom. The molecule has 1 aromatic rings. The molecule has 0 saturated carbocycles. The zero-order chi connectivity index (χ0) is 17.3. The minimum absolute atomic E-state index is 0.104. The Morgan fingerprint density at radius 1 is 0.864 bits per heavy atom. The zero-order valence-electron chi connectivity index (χ0n) is 16.0. The van der Waals surface area contributed by atoms with E-state index in [2.05, 4.69) is 62.3 Å². The van der Waals surface area contributed by atoms with Crippen molar-refractivity contribution in [3.63, 3.8) is 0 Å². The highest BCUT2D eigenvalue weighted by atomic mass is 16.5. The van der Waals surface area contributed by atoms with Gasteiger partial charge in [-0.15, -0.1) is 0 Å². The molecule has 0 unspecified atom stereocenters. The van der Waals surface area contributed by atoms with Crippen molar-refractivity contribution in [2.24, 2.45) is 0 Å². The fourth-order valence-corrected chi connectivity index (χ4v) is 3.31. The van der Waals surface area contributed by atoms with E-state index in [4.69, 9.17) is 4.74 Å². The second-order valence-electron chi connectivity index (χ2n) is 8.35. The molecule has 2 heteroatoms. The van der Waals surface area contributed by atoms with Crippen LogP contribution in [0, 0.1) is 20.8 Å². The minimum atomic E-state index is -0.221. The van der Waals surface area contributed by atoms with Gasteiger partial charge in [-0.1, -0.05) is 20.8 Å². The van der Waals surface area contributed by atoms with E-state index in [1.54, 1.807) is 0 Å². The quantitative estimate of drug-likeness (QED) is 0.847. The Balaban J connectivity index is 3.62. The van der Waals surface area contributed by atoms with Crippen molar-refractivity contribution >= 4 is 0 Å². The van der Waals surface area contributed by atoms with Crippen molar-refractivity contribution in [3.05, 3.63) is 27.8 Å². The van der Waals surface area contributed by atoms with Gasteiger partial charge in [-0.05, 0) is 87.6 Å². The van der Waals surface area contributed by atoms with E-state index in [0.717, 1.165) is 18.6 Å². The van der Waals surface area contributed by atoms with E-state index in [0.29, 0.717) is 0 Å². The molecule has 2 nitrogen and oxygen atoms in total. The molecule has 0 saturated heterocycles. The van der Waals surface area contributed by atoms with Crippen LogP contribution in [-0.2, 0) is 11.8 Å². The fraction of sp³-hybridized carbons (Fsp3) is 0.700. The Bertz CT molecular complexity index is 528. The van der Waals surface area contributed by atoms with Crippen LogP contribution < -0.4 is 4.74 Å². The molecule has 1 rings (SSSR count).